The number of aryl methyl sites for hydroxylation is 1. The highest BCUT2D eigenvalue weighted by atomic mass is 32.1. The van der Waals surface area contributed by atoms with E-state index in [1.54, 1.807) is 11.3 Å². The Morgan fingerprint density at radius 3 is 2.95 bits per heavy atom. The Hall–Kier alpha value is -2.21. The third kappa shape index (κ3) is 2.63. The molecule has 96 valence electrons. The topological polar surface area (TPSA) is 66.5 Å². The van der Waals surface area contributed by atoms with E-state index in [0.29, 0.717) is 12.4 Å². The van der Waals surface area contributed by atoms with Gasteiger partial charge < -0.3 is 5.32 Å². The maximum Gasteiger partial charge on any atom is 0.183 e. The summed E-state index contributed by atoms with van der Waals surface area (Å²) in [5.41, 5.74) is 2.00. The molecule has 19 heavy (non-hydrogen) atoms. The maximum atomic E-state index is 4.37. The molecule has 0 spiro atoms. The number of aromatic nitrogens is 4. The molecule has 0 bridgehead atoms. The van der Waals surface area contributed by atoms with Crippen molar-refractivity contribution in [2.24, 2.45) is 0 Å². The summed E-state index contributed by atoms with van der Waals surface area (Å²) in [6.07, 6.45) is 1.81. The van der Waals surface area contributed by atoms with Crippen LogP contribution in [0.25, 0.3) is 11.4 Å². The number of hydrogen-bond acceptors (Lipinski definition) is 5. The molecule has 3 aromatic rings. The summed E-state index contributed by atoms with van der Waals surface area (Å²) >= 11 is 1.64. The third-order valence-electron chi connectivity index (χ3n) is 2.68. The molecule has 2 N–H and O–H groups in total. The predicted molar refractivity (Wildman–Crippen MR) is 76.0 cm³/mol. The summed E-state index contributed by atoms with van der Waals surface area (Å²) in [6, 6.07) is 8.00. The fraction of sp³-hybridized carbons (Fsp3) is 0.154. The molecule has 0 aliphatic carbocycles. The van der Waals surface area contributed by atoms with Crippen molar-refractivity contribution in [3.8, 4) is 11.4 Å². The second-order valence-corrected chi connectivity index (χ2v) is 5.05. The van der Waals surface area contributed by atoms with Crippen LogP contribution >= 0.6 is 11.3 Å². The van der Waals surface area contributed by atoms with E-state index in [9.17, 15) is 0 Å². The fourth-order valence-electron chi connectivity index (χ4n) is 1.81. The molecule has 0 atom stereocenters. The van der Waals surface area contributed by atoms with Gasteiger partial charge in [-0.3, -0.25) is 5.10 Å². The first-order chi connectivity index (χ1) is 9.33. The lowest BCUT2D eigenvalue weighted by atomic mass is 10.1. The zero-order valence-electron chi connectivity index (χ0n) is 10.4. The van der Waals surface area contributed by atoms with E-state index >= 15 is 0 Å². The lowest BCUT2D eigenvalue weighted by molar-refractivity contribution is 1.04. The Morgan fingerprint density at radius 1 is 1.32 bits per heavy atom. The highest BCUT2D eigenvalue weighted by molar-refractivity contribution is 7.09. The Kier molecular flexibility index (Phi) is 3.24. The van der Waals surface area contributed by atoms with E-state index < -0.39 is 0 Å². The minimum absolute atomic E-state index is 0.706. The molecule has 0 saturated carbocycles. The van der Waals surface area contributed by atoms with Gasteiger partial charge in [0, 0.05) is 22.8 Å². The molecule has 0 saturated heterocycles. The number of anilines is 1. The Labute approximate surface area is 114 Å². The smallest absolute Gasteiger partial charge is 0.183 e. The Balaban J connectivity index is 1.85. The predicted octanol–water partition coefficient (Wildman–Crippen LogP) is 2.85. The standard InChI is InChI=1S/C13H13N5S/c1-9-16-13(18-17-9)10-4-2-3-5-11(10)15-8-12-14-6-7-19-12/h2-7,15H,8H2,1H3,(H,16,17,18). The number of aromatic amines is 1. The molecule has 0 aliphatic rings. The van der Waals surface area contributed by atoms with Crippen molar-refractivity contribution < 1.29 is 0 Å². The number of benzene rings is 1. The molecule has 0 aliphatic heterocycles. The SMILES string of the molecule is Cc1nc(-c2ccccc2NCc2nccs2)n[nH]1. The molecule has 0 radical (unpaired) electrons. The highest BCUT2D eigenvalue weighted by Crippen LogP contribution is 2.25. The van der Waals surface area contributed by atoms with E-state index in [1.807, 2.05) is 42.8 Å². The van der Waals surface area contributed by atoms with Gasteiger partial charge in [0.1, 0.15) is 10.8 Å². The number of para-hydroxylation sites is 1. The second kappa shape index (κ2) is 5.19. The number of H-pyrrole nitrogens is 1. The van der Waals surface area contributed by atoms with Gasteiger partial charge in [0.2, 0.25) is 0 Å². The number of thiazole rings is 1. The average molecular weight is 271 g/mol. The summed E-state index contributed by atoms with van der Waals surface area (Å²) in [7, 11) is 0. The van der Waals surface area contributed by atoms with Gasteiger partial charge in [-0.25, -0.2) is 9.97 Å². The molecule has 2 heterocycles. The summed E-state index contributed by atoms with van der Waals surface area (Å²) in [4.78, 5) is 8.62. The first-order valence-corrected chi connectivity index (χ1v) is 6.81. The van der Waals surface area contributed by atoms with E-state index in [0.717, 1.165) is 22.1 Å². The van der Waals surface area contributed by atoms with Crippen molar-refractivity contribution in [1.29, 1.82) is 0 Å². The van der Waals surface area contributed by atoms with Crippen molar-refractivity contribution >= 4 is 17.0 Å². The molecule has 0 amide bonds. The van der Waals surface area contributed by atoms with Crippen LogP contribution in [0.4, 0.5) is 5.69 Å². The van der Waals surface area contributed by atoms with E-state index in [1.165, 1.54) is 0 Å². The molecule has 1 aromatic carbocycles. The number of rotatable bonds is 4. The largest absolute Gasteiger partial charge is 0.378 e. The van der Waals surface area contributed by atoms with Crippen molar-refractivity contribution in [2.45, 2.75) is 13.5 Å². The normalized spacial score (nSPS) is 10.6. The number of nitrogens with one attached hydrogen (secondary N) is 2. The quantitative estimate of drug-likeness (QED) is 0.765. The van der Waals surface area contributed by atoms with Crippen LogP contribution in [0.5, 0.6) is 0 Å². The van der Waals surface area contributed by atoms with Crippen molar-refractivity contribution in [2.75, 3.05) is 5.32 Å². The van der Waals surface area contributed by atoms with Crippen LogP contribution in [0.3, 0.4) is 0 Å². The van der Waals surface area contributed by atoms with Crippen LogP contribution in [0.2, 0.25) is 0 Å². The molecule has 2 aromatic heterocycles. The molecule has 5 nitrogen and oxygen atoms in total. The fourth-order valence-corrected chi connectivity index (χ4v) is 2.36. The van der Waals surface area contributed by atoms with E-state index in [2.05, 4.69) is 25.5 Å². The van der Waals surface area contributed by atoms with Crippen molar-refractivity contribution in [1.82, 2.24) is 20.2 Å². The molecule has 0 fully saturated rings. The van der Waals surface area contributed by atoms with Gasteiger partial charge in [0.25, 0.3) is 0 Å². The average Bonchev–Trinajstić information content (AvgIpc) is 3.08. The van der Waals surface area contributed by atoms with Crippen LogP contribution in [-0.4, -0.2) is 20.2 Å². The lowest BCUT2D eigenvalue weighted by Gasteiger charge is -2.08. The first-order valence-electron chi connectivity index (χ1n) is 5.93. The Bertz CT molecular complexity index is 659. The number of hydrogen-bond donors (Lipinski definition) is 2. The minimum atomic E-state index is 0.706. The van der Waals surface area contributed by atoms with Gasteiger partial charge in [0.15, 0.2) is 5.82 Å². The summed E-state index contributed by atoms with van der Waals surface area (Å²) in [5, 5.41) is 13.5. The Morgan fingerprint density at radius 2 is 2.21 bits per heavy atom. The van der Waals surface area contributed by atoms with Gasteiger partial charge in [0.05, 0.1) is 6.54 Å². The minimum Gasteiger partial charge on any atom is -0.378 e. The zero-order chi connectivity index (χ0) is 13.1. The number of nitrogens with zero attached hydrogens (tertiary/aromatic N) is 3. The van der Waals surface area contributed by atoms with Crippen molar-refractivity contribution in [3.05, 3.63) is 46.7 Å². The van der Waals surface area contributed by atoms with Gasteiger partial charge in [-0.15, -0.1) is 11.3 Å². The summed E-state index contributed by atoms with van der Waals surface area (Å²) in [6.45, 7) is 2.60. The van der Waals surface area contributed by atoms with Crippen molar-refractivity contribution in [3.63, 3.8) is 0 Å². The first kappa shape index (κ1) is 11.9. The molecule has 6 heteroatoms. The van der Waals surface area contributed by atoms with Gasteiger partial charge >= 0.3 is 0 Å². The van der Waals surface area contributed by atoms with Crippen LogP contribution in [0.15, 0.2) is 35.8 Å². The second-order valence-electron chi connectivity index (χ2n) is 4.07. The highest BCUT2D eigenvalue weighted by Gasteiger charge is 2.09. The van der Waals surface area contributed by atoms with Crippen LogP contribution < -0.4 is 5.32 Å². The third-order valence-corrected chi connectivity index (χ3v) is 3.46. The van der Waals surface area contributed by atoms with Gasteiger partial charge in [-0.1, -0.05) is 12.1 Å². The van der Waals surface area contributed by atoms with Gasteiger partial charge in [-0.2, -0.15) is 5.10 Å². The molecular formula is C13H13N5S. The lowest BCUT2D eigenvalue weighted by Crippen LogP contribution is -2.00. The maximum absolute atomic E-state index is 4.37. The monoisotopic (exact) mass is 271 g/mol. The van der Waals surface area contributed by atoms with E-state index in [4.69, 9.17) is 0 Å². The molecule has 0 unspecified atom stereocenters. The summed E-state index contributed by atoms with van der Waals surface area (Å²) < 4.78 is 0. The van der Waals surface area contributed by atoms with Gasteiger partial charge in [-0.05, 0) is 19.1 Å². The van der Waals surface area contributed by atoms with Crippen LogP contribution in [-0.2, 0) is 6.54 Å². The molecule has 3 rings (SSSR count). The van der Waals surface area contributed by atoms with Crippen LogP contribution in [0.1, 0.15) is 10.8 Å². The summed E-state index contributed by atoms with van der Waals surface area (Å²) in [5.74, 6) is 1.52. The van der Waals surface area contributed by atoms with Crippen LogP contribution in [0, 0.1) is 6.92 Å². The molecular weight excluding hydrogens is 258 g/mol. The van der Waals surface area contributed by atoms with E-state index in [-0.39, 0.29) is 0 Å². The zero-order valence-corrected chi connectivity index (χ0v) is 11.2.